The van der Waals surface area contributed by atoms with Crippen LogP contribution in [0.5, 0.6) is 0 Å². The van der Waals surface area contributed by atoms with Crippen LogP contribution in [-0.2, 0) is 0 Å². The molecular formula is C32H25N. The summed E-state index contributed by atoms with van der Waals surface area (Å²) in [6.07, 6.45) is 0. The fourth-order valence-electron chi connectivity index (χ4n) is 4.27. The lowest BCUT2D eigenvalue weighted by Crippen LogP contribution is -1.97. The average Bonchev–Trinajstić information content (AvgIpc) is 2.89. The zero-order valence-corrected chi connectivity index (χ0v) is 18.4. The molecule has 0 unspecified atom stereocenters. The minimum atomic E-state index is 0.775. The maximum atomic E-state index is 6.01. The number of nitrogens with two attached hydrogens (primary N) is 1. The minimum absolute atomic E-state index is 0.775. The zero-order chi connectivity index (χ0) is 22.5. The predicted octanol–water partition coefficient (Wildman–Crippen LogP) is 7.94. The molecule has 0 amide bonds. The summed E-state index contributed by atoms with van der Waals surface area (Å²) in [6, 6.07) is 48.7. The molecule has 5 rings (SSSR count). The van der Waals surface area contributed by atoms with Gasteiger partial charge in [-0.2, -0.15) is 0 Å². The SMILES string of the molecule is Nc1cccc(-c2ccc(C(=C(c3ccccc3)c3ccccc3)c3ccccc3)cc2)c1. The van der Waals surface area contributed by atoms with E-state index in [4.69, 9.17) is 5.73 Å². The molecule has 0 aromatic heterocycles. The van der Waals surface area contributed by atoms with Crippen molar-refractivity contribution in [2.75, 3.05) is 5.73 Å². The first kappa shape index (κ1) is 20.5. The van der Waals surface area contributed by atoms with Crippen LogP contribution in [0.2, 0.25) is 0 Å². The first-order valence-electron chi connectivity index (χ1n) is 11.2. The normalized spacial score (nSPS) is 10.5. The van der Waals surface area contributed by atoms with Gasteiger partial charge in [-0.3, -0.25) is 0 Å². The van der Waals surface area contributed by atoms with Crippen molar-refractivity contribution in [3.8, 4) is 11.1 Å². The molecule has 0 aliphatic carbocycles. The maximum absolute atomic E-state index is 6.01. The van der Waals surface area contributed by atoms with Crippen LogP contribution < -0.4 is 5.73 Å². The number of anilines is 1. The van der Waals surface area contributed by atoms with Crippen molar-refractivity contribution < 1.29 is 0 Å². The van der Waals surface area contributed by atoms with E-state index >= 15 is 0 Å². The molecule has 33 heavy (non-hydrogen) atoms. The summed E-state index contributed by atoms with van der Waals surface area (Å²) >= 11 is 0. The van der Waals surface area contributed by atoms with Gasteiger partial charge >= 0.3 is 0 Å². The lowest BCUT2D eigenvalue weighted by atomic mass is 9.85. The number of hydrogen-bond acceptors (Lipinski definition) is 1. The molecule has 1 heteroatoms. The van der Waals surface area contributed by atoms with E-state index in [0.29, 0.717) is 0 Å². The van der Waals surface area contributed by atoms with Crippen LogP contribution in [0.15, 0.2) is 140 Å². The summed E-state index contributed by atoms with van der Waals surface area (Å²) in [5, 5.41) is 0. The first-order chi connectivity index (χ1) is 16.3. The third-order valence-electron chi connectivity index (χ3n) is 5.83. The van der Waals surface area contributed by atoms with Gasteiger partial charge in [0, 0.05) is 5.69 Å². The Morgan fingerprint density at radius 3 is 1.21 bits per heavy atom. The third-order valence-corrected chi connectivity index (χ3v) is 5.83. The highest BCUT2D eigenvalue weighted by Crippen LogP contribution is 2.37. The van der Waals surface area contributed by atoms with E-state index < -0.39 is 0 Å². The molecule has 0 heterocycles. The van der Waals surface area contributed by atoms with E-state index in [1.54, 1.807) is 0 Å². The van der Waals surface area contributed by atoms with Crippen LogP contribution in [0.25, 0.3) is 22.3 Å². The fourth-order valence-corrected chi connectivity index (χ4v) is 4.27. The summed E-state index contributed by atoms with van der Waals surface area (Å²) in [7, 11) is 0. The molecule has 0 saturated carbocycles. The Kier molecular flexibility index (Phi) is 5.86. The molecule has 0 aliphatic rings. The van der Waals surface area contributed by atoms with Crippen LogP contribution in [0, 0.1) is 0 Å². The summed E-state index contributed by atoms with van der Waals surface area (Å²) in [5.74, 6) is 0. The predicted molar refractivity (Wildman–Crippen MR) is 141 cm³/mol. The van der Waals surface area contributed by atoms with Gasteiger partial charge in [-0.15, -0.1) is 0 Å². The van der Waals surface area contributed by atoms with Crippen molar-refractivity contribution >= 4 is 16.8 Å². The minimum Gasteiger partial charge on any atom is -0.399 e. The molecule has 5 aromatic carbocycles. The molecule has 2 N–H and O–H groups in total. The van der Waals surface area contributed by atoms with Gasteiger partial charge in [-0.1, -0.05) is 127 Å². The monoisotopic (exact) mass is 423 g/mol. The van der Waals surface area contributed by atoms with E-state index in [9.17, 15) is 0 Å². The molecule has 0 spiro atoms. The van der Waals surface area contributed by atoms with Crippen LogP contribution in [-0.4, -0.2) is 0 Å². The Labute approximate surface area is 195 Å². The molecule has 0 bridgehead atoms. The summed E-state index contributed by atoms with van der Waals surface area (Å²) in [5.41, 5.74) is 16.3. The van der Waals surface area contributed by atoms with E-state index in [1.807, 2.05) is 18.2 Å². The van der Waals surface area contributed by atoms with Crippen LogP contribution in [0.3, 0.4) is 0 Å². The molecule has 1 nitrogen and oxygen atoms in total. The van der Waals surface area contributed by atoms with E-state index in [0.717, 1.165) is 16.8 Å². The van der Waals surface area contributed by atoms with Crippen molar-refractivity contribution in [3.63, 3.8) is 0 Å². The lowest BCUT2D eigenvalue weighted by Gasteiger charge is -2.18. The van der Waals surface area contributed by atoms with Gasteiger partial charge in [0.1, 0.15) is 0 Å². The second-order valence-electron chi connectivity index (χ2n) is 8.05. The number of benzene rings is 5. The average molecular weight is 424 g/mol. The molecule has 0 saturated heterocycles. The molecule has 0 radical (unpaired) electrons. The van der Waals surface area contributed by atoms with Gasteiger partial charge in [0.15, 0.2) is 0 Å². The highest BCUT2D eigenvalue weighted by atomic mass is 14.5. The number of rotatable bonds is 5. The Hall–Kier alpha value is -4.36. The van der Waals surface area contributed by atoms with Gasteiger partial charge < -0.3 is 5.73 Å². The zero-order valence-electron chi connectivity index (χ0n) is 18.4. The Bertz CT molecular complexity index is 1330. The summed E-state index contributed by atoms with van der Waals surface area (Å²) in [4.78, 5) is 0. The third kappa shape index (κ3) is 4.49. The largest absolute Gasteiger partial charge is 0.399 e. The Morgan fingerprint density at radius 1 is 0.364 bits per heavy atom. The van der Waals surface area contributed by atoms with E-state index in [1.165, 1.54) is 33.4 Å². The summed E-state index contributed by atoms with van der Waals surface area (Å²) in [6.45, 7) is 0. The van der Waals surface area contributed by atoms with E-state index in [-0.39, 0.29) is 0 Å². The second kappa shape index (κ2) is 9.42. The van der Waals surface area contributed by atoms with E-state index in [2.05, 4.69) is 121 Å². The topological polar surface area (TPSA) is 26.0 Å². The Morgan fingerprint density at radius 2 is 0.788 bits per heavy atom. The fraction of sp³-hybridized carbons (Fsp3) is 0. The highest BCUT2D eigenvalue weighted by Gasteiger charge is 2.16. The lowest BCUT2D eigenvalue weighted by molar-refractivity contribution is 1.50. The molecule has 0 fully saturated rings. The highest BCUT2D eigenvalue weighted by molar-refractivity contribution is 6.04. The van der Waals surface area contributed by atoms with Gasteiger partial charge in [0.2, 0.25) is 0 Å². The van der Waals surface area contributed by atoms with Crippen molar-refractivity contribution in [1.82, 2.24) is 0 Å². The van der Waals surface area contributed by atoms with Crippen LogP contribution in [0.4, 0.5) is 5.69 Å². The van der Waals surface area contributed by atoms with Crippen molar-refractivity contribution in [3.05, 3.63) is 162 Å². The molecule has 0 aliphatic heterocycles. The van der Waals surface area contributed by atoms with Gasteiger partial charge in [0.05, 0.1) is 0 Å². The van der Waals surface area contributed by atoms with Crippen LogP contribution >= 0.6 is 0 Å². The van der Waals surface area contributed by atoms with Crippen LogP contribution in [0.1, 0.15) is 22.3 Å². The van der Waals surface area contributed by atoms with Crippen molar-refractivity contribution in [2.45, 2.75) is 0 Å². The van der Waals surface area contributed by atoms with Gasteiger partial charge in [-0.05, 0) is 56.7 Å². The molecular weight excluding hydrogens is 398 g/mol. The standard InChI is InChI=1S/C32H25N/c33-30-18-10-17-29(23-30)24-19-21-28(22-20-24)32(27-15-8-3-9-16-27)31(25-11-4-1-5-12-25)26-13-6-2-7-14-26/h1-23H,33H2. The van der Waals surface area contributed by atoms with Crippen molar-refractivity contribution in [1.29, 1.82) is 0 Å². The number of hydrogen-bond donors (Lipinski definition) is 1. The molecule has 5 aromatic rings. The quantitative estimate of drug-likeness (QED) is 0.225. The second-order valence-corrected chi connectivity index (χ2v) is 8.05. The molecule has 0 atom stereocenters. The first-order valence-corrected chi connectivity index (χ1v) is 11.2. The Balaban J connectivity index is 1.74. The van der Waals surface area contributed by atoms with Crippen molar-refractivity contribution in [2.24, 2.45) is 0 Å². The smallest absolute Gasteiger partial charge is 0.0320 e. The number of nitrogen functional groups attached to an aromatic ring is 1. The van der Waals surface area contributed by atoms with Gasteiger partial charge in [0.25, 0.3) is 0 Å². The summed E-state index contributed by atoms with van der Waals surface area (Å²) < 4.78 is 0. The maximum Gasteiger partial charge on any atom is 0.0320 e. The van der Waals surface area contributed by atoms with Gasteiger partial charge in [-0.25, -0.2) is 0 Å². The molecule has 158 valence electrons.